The number of carbonyl (C=O) groups excluding carboxylic acids is 1. The van der Waals surface area contributed by atoms with Crippen LogP contribution in [0.5, 0.6) is 5.88 Å². The summed E-state index contributed by atoms with van der Waals surface area (Å²) in [6.07, 6.45) is 2.36. The summed E-state index contributed by atoms with van der Waals surface area (Å²) in [6.45, 7) is 1.20. The molecule has 1 N–H and O–H groups in total. The highest BCUT2D eigenvalue weighted by atomic mass is 32.1. The maximum Gasteiger partial charge on any atom is 0.284 e. The average Bonchev–Trinajstić information content (AvgIpc) is 2.92. The quantitative estimate of drug-likeness (QED) is 0.934. The highest BCUT2D eigenvalue weighted by Gasteiger charge is 2.20. The van der Waals surface area contributed by atoms with Crippen molar-refractivity contribution < 1.29 is 14.3 Å². The van der Waals surface area contributed by atoms with E-state index in [1.807, 2.05) is 0 Å². The van der Waals surface area contributed by atoms with Crippen molar-refractivity contribution in [1.82, 2.24) is 9.97 Å². The van der Waals surface area contributed by atoms with E-state index in [0.717, 1.165) is 17.0 Å². The predicted molar refractivity (Wildman–Crippen MR) is 74.2 cm³/mol. The van der Waals surface area contributed by atoms with Gasteiger partial charge in [0.15, 0.2) is 5.01 Å². The fraction of sp³-hybridized carbons (Fsp3) is 0.308. The highest BCUT2D eigenvalue weighted by molar-refractivity contribution is 7.13. The van der Waals surface area contributed by atoms with Gasteiger partial charge in [0, 0.05) is 12.6 Å². The molecule has 2 aromatic rings. The minimum Gasteiger partial charge on any atom is -0.480 e. The molecule has 0 saturated carbocycles. The Kier molecular flexibility index (Phi) is 3.62. The van der Waals surface area contributed by atoms with Crippen LogP contribution in [-0.2, 0) is 17.8 Å². The van der Waals surface area contributed by atoms with Gasteiger partial charge in [0.05, 0.1) is 30.9 Å². The maximum absolute atomic E-state index is 12.2. The zero-order valence-corrected chi connectivity index (χ0v) is 11.7. The third kappa shape index (κ3) is 2.50. The van der Waals surface area contributed by atoms with Crippen LogP contribution >= 0.6 is 11.3 Å². The fourth-order valence-electron chi connectivity index (χ4n) is 1.95. The molecule has 6 nitrogen and oxygen atoms in total. The van der Waals surface area contributed by atoms with Crippen LogP contribution < -0.4 is 10.1 Å². The van der Waals surface area contributed by atoms with Gasteiger partial charge < -0.3 is 14.8 Å². The van der Waals surface area contributed by atoms with Crippen molar-refractivity contribution >= 4 is 22.9 Å². The minimum absolute atomic E-state index is 0.254. The van der Waals surface area contributed by atoms with Crippen molar-refractivity contribution in [2.75, 3.05) is 19.0 Å². The SMILES string of the molecule is COc1ncccc1NC(=O)c1nc2c(s1)COCC2. The summed E-state index contributed by atoms with van der Waals surface area (Å²) in [5.74, 6) is 0.126. The number of amides is 1. The minimum atomic E-state index is -0.254. The number of thiazole rings is 1. The van der Waals surface area contributed by atoms with Gasteiger partial charge in [-0.05, 0) is 12.1 Å². The molecule has 0 saturated heterocycles. The summed E-state index contributed by atoms with van der Waals surface area (Å²) in [5, 5.41) is 3.20. The number of rotatable bonds is 3. The Bertz CT molecular complexity index is 618. The first kappa shape index (κ1) is 13.0. The molecule has 0 atom stereocenters. The zero-order chi connectivity index (χ0) is 13.9. The number of hydrogen-bond donors (Lipinski definition) is 1. The van der Waals surface area contributed by atoms with Gasteiger partial charge in [0.25, 0.3) is 5.91 Å². The summed E-state index contributed by atoms with van der Waals surface area (Å²) in [6, 6.07) is 3.47. The Morgan fingerprint density at radius 3 is 3.25 bits per heavy atom. The maximum atomic E-state index is 12.2. The standard InChI is InChI=1S/C13H13N3O3S/c1-18-12-9(3-2-5-14-12)15-11(17)13-16-8-4-6-19-7-10(8)20-13/h2-3,5H,4,6-7H2,1H3,(H,15,17). The number of methoxy groups -OCH3 is 1. The number of ether oxygens (including phenoxy) is 2. The van der Waals surface area contributed by atoms with Gasteiger partial charge >= 0.3 is 0 Å². The van der Waals surface area contributed by atoms with Crippen LogP contribution in [0.4, 0.5) is 5.69 Å². The molecule has 1 aliphatic rings. The van der Waals surface area contributed by atoms with E-state index in [9.17, 15) is 4.79 Å². The number of hydrogen-bond acceptors (Lipinski definition) is 6. The second kappa shape index (κ2) is 5.56. The Hall–Kier alpha value is -1.99. The summed E-state index contributed by atoms with van der Waals surface area (Å²) in [7, 11) is 1.51. The number of aromatic nitrogens is 2. The second-order valence-corrected chi connectivity index (χ2v) is 5.29. The molecule has 3 rings (SSSR count). The van der Waals surface area contributed by atoms with E-state index in [0.29, 0.717) is 29.8 Å². The number of nitrogens with zero attached hydrogens (tertiary/aromatic N) is 2. The third-order valence-electron chi connectivity index (χ3n) is 2.90. The molecule has 0 aromatic carbocycles. The van der Waals surface area contributed by atoms with Gasteiger partial charge in [-0.25, -0.2) is 9.97 Å². The van der Waals surface area contributed by atoms with Gasteiger partial charge in [-0.2, -0.15) is 0 Å². The largest absolute Gasteiger partial charge is 0.480 e. The van der Waals surface area contributed by atoms with Gasteiger partial charge in [-0.15, -0.1) is 11.3 Å². The number of fused-ring (bicyclic) bond motifs is 1. The lowest BCUT2D eigenvalue weighted by Gasteiger charge is -2.08. The van der Waals surface area contributed by atoms with Crippen LogP contribution in [0, 0.1) is 0 Å². The first-order valence-corrected chi connectivity index (χ1v) is 6.96. The van der Waals surface area contributed by atoms with Crippen molar-refractivity contribution in [3.8, 4) is 5.88 Å². The van der Waals surface area contributed by atoms with E-state index in [-0.39, 0.29) is 5.91 Å². The van der Waals surface area contributed by atoms with Crippen LogP contribution in [0.2, 0.25) is 0 Å². The molecule has 0 aliphatic carbocycles. The number of anilines is 1. The lowest BCUT2D eigenvalue weighted by atomic mass is 10.2. The first-order valence-electron chi connectivity index (χ1n) is 6.14. The van der Waals surface area contributed by atoms with Gasteiger partial charge in [-0.3, -0.25) is 4.79 Å². The van der Waals surface area contributed by atoms with Gasteiger partial charge in [0.2, 0.25) is 5.88 Å². The highest BCUT2D eigenvalue weighted by Crippen LogP contribution is 2.25. The average molecular weight is 291 g/mol. The first-order chi connectivity index (χ1) is 9.78. The lowest BCUT2D eigenvalue weighted by Crippen LogP contribution is -2.13. The van der Waals surface area contributed by atoms with E-state index in [4.69, 9.17) is 9.47 Å². The summed E-state index contributed by atoms with van der Waals surface area (Å²) >= 11 is 1.37. The summed E-state index contributed by atoms with van der Waals surface area (Å²) in [4.78, 5) is 21.6. The second-order valence-electron chi connectivity index (χ2n) is 4.21. The monoisotopic (exact) mass is 291 g/mol. The molecular weight excluding hydrogens is 278 g/mol. The van der Waals surface area contributed by atoms with E-state index in [1.165, 1.54) is 18.4 Å². The smallest absolute Gasteiger partial charge is 0.284 e. The molecule has 0 bridgehead atoms. The molecule has 0 unspecified atom stereocenters. The summed E-state index contributed by atoms with van der Waals surface area (Å²) in [5.41, 5.74) is 1.49. The Labute approximate surface area is 119 Å². The third-order valence-corrected chi connectivity index (χ3v) is 3.97. The van der Waals surface area contributed by atoms with Crippen molar-refractivity contribution in [1.29, 1.82) is 0 Å². The lowest BCUT2D eigenvalue weighted by molar-refractivity contribution is 0.102. The molecular formula is C13H13N3O3S. The number of pyridine rings is 1. The molecule has 3 heterocycles. The Balaban J connectivity index is 1.81. The molecule has 0 radical (unpaired) electrons. The van der Waals surface area contributed by atoms with Crippen molar-refractivity contribution in [2.45, 2.75) is 13.0 Å². The number of nitrogens with one attached hydrogen (secondary N) is 1. The molecule has 7 heteroatoms. The molecule has 0 fully saturated rings. The van der Waals surface area contributed by atoms with Crippen molar-refractivity contribution in [3.05, 3.63) is 33.9 Å². The van der Waals surface area contributed by atoms with E-state index >= 15 is 0 Å². The molecule has 0 spiro atoms. The van der Waals surface area contributed by atoms with E-state index in [2.05, 4.69) is 15.3 Å². The Morgan fingerprint density at radius 2 is 2.45 bits per heavy atom. The molecule has 104 valence electrons. The predicted octanol–water partition coefficient (Wildman–Crippen LogP) is 1.87. The van der Waals surface area contributed by atoms with E-state index in [1.54, 1.807) is 18.3 Å². The molecule has 1 amide bonds. The van der Waals surface area contributed by atoms with Crippen LogP contribution in [-0.4, -0.2) is 29.6 Å². The van der Waals surface area contributed by atoms with Crippen molar-refractivity contribution in [2.24, 2.45) is 0 Å². The number of carbonyl (C=O) groups is 1. The summed E-state index contributed by atoms with van der Waals surface area (Å²) < 4.78 is 10.5. The van der Waals surface area contributed by atoms with E-state index < -0.39 is 0 Å². The van der Waals surface area contributed by atoms with Crippen LogP contribution in [0.3, 0.4) is 0 Å². The van der Waals surface area contributed by atoms with Crippen LogP contribution in [0.15, 0.2) is 18.3 Å². The normalized spacial score (nSPS) is 13.7. The molecule has 1 aliphatic heterocycles. The Morgan fingerprint density at radius 1 is 1.55 bits per heavy atom. The van der Waals surface area contributed by atoms with Gasteiger partial charge in [0.1, 0.15) is 5.69 Å². The van der Waals surface area contributed by atoms with Gasteiger partial charge in [-0.1, -0.05) is 0 Å². The van der Waals surface area contributed by atoms with Crippen LogP contribution in [0.1, 0.15) is 20.4 Å². The zero-order valence-electron chi connectivity index (χ0n) is 10.9. The molecule has 2 aromatic heterocycles. The molecule has 20 heavy (non-hydrogen) atoms. The van der Waals surface area contributed by atoms with Crippen molar-refractivity contribution in [3.63, 3.8) is 0 Å². The topological polar surface area (TPSA) is 73.3 Å². The fourth-order valence-corrected chi connectivity index (χ4v) is 2.89. The van der Waals surface area contributed by atoms with Crippen LogP contribution in [0.25, 0.3) is 0 Å².